The Morgan fingerprint density at radius 1 is 1.62 bits per heavy atom. The fourth-order valence-electron chi connectivity index (χ4n) is 1.66. The van der Waals surface area contributed by atoms with E-state index in [-0.39, 0.29) is 18.4 Å². The SMILES string of the molecule is Cc1cc(CN2C(=O)CNC(=O)C2C)no1. The van der Waals surface area contributed by atoms with E-state index in [0.29, 0.717) is 18.0 Å². The van der Waals surface area contributed by atoms with E-state index in [4.69, 9.17) is 4.52 Å². The first-order chi connectivity index (χ1) is 7.58. The first-order valence-electron chi connectivity index (χ1n) is 5.07. The van der Waals surface area contributed by atoms with Crippen LogP contribution in [0.1, 0.15) is 18.4 Å². The van der Waals surface area contributed by atoms with Crippen molar-refractivity contribution in [3.8, 4) is 0 Å². The summed E-state index contributed by atoms with van der Waals surface area (Å²) in [5, 5.41) is 6.33. The van der Waals surface area contributed by atoms with Gasteiger partial charge in [-0.3, -0.25) is 9.59 Å². The van der Waals surface area contributed by atoms with Gasteiger partial charge in [-0.2, -0.15) is 0 Å². The normalized spacial score (nSPS) is 21.1. The Bertz CT molecular complexity index is 427. The minimum Gasteiger partial charge on any atom is -0.361 e. The van der Waals surface area contributed by atoms with Crippen LogP contribution >= 0.6 is 0 Å². The summed E-state index contributed by atoms with van der Waals surface area (Å²) < 4.78 is 4.91. The molecule has 0 aliphatic carbocycles. The van der Waals surface area contributed by atoms with E-state index in [1.54, 1.807) is 19.9 Å². The maximum absolute atomic E-state index is 11.6. The van der Waals surface area contributed by atoms with E-state index in [1.165, 1.54) is 4.90 Å². The van der Waals surface area contributed by atoms with E-state index >= 15 is 0 Å². The Kier molecular flexibility index (Phi) is 2.64. The van der Waals surface area contributed by atoms with Gasteiger partial charge in [0.25, 0.3) is 0 Å². The quantitative estimate of drug-likeness (QED) is 0.755. The van der Waals surface area contributed by atoms with Crippen LogP contribution in [0.5, 0.6) is 0 Å². The maximum atomic E-state index is 11.6. The number of aromatic nitrogens is 1. The average molecular weight is 223 g/mol. The Morgan fingerprint density at radius 2 is 2.38 bits per heavy atom. The second kappa shape index (κ2) is 3.96. The highest BCUT2D eigenvalue weighted by atomic mass is 16.5. The van der Waals surface area contributed by atoms with Gasteiger partial charge in [0.1, 0.15) is 17.5 Å². The zero-order valence-corrected chi connectivity index (χ0v) is 9.19. The molecule has 1 saturated heterocycles. The number of amides is 2. The van der Waals surface area contributed by atoms with Gasteiger partial charge in [-0.05, 0) is 13.8 Å². The van der Waals surface area contributed by atoms with Crippen LogP contribution in [0.15, 0.2) is 10.6 Å². The molecule has 6 nitrogen and oxygen atoms in total. The lowest BCUT2D eigenvalue weighted by molar-refractivity contribution is -0.145. The van der Waals surface area contributed by atoms with Gasteiger partial charge in [-0.15, -0.1) is 0 Å². The number of nitrogens with one attached hydrogen (secondary N) is 1. The van der Waals surface area contributed by atoms with Gasteiger partial charge in [-0.25, -0.2) is 0 Å². The van der Waals surface area contributed by atoms with Crippen molar-refractivity contribution in [2.75, 3.05) is 6.54 Å². The van der Waals surface area contributed by atoms with E-state index in [0.717, 1.165) is 0 Å². The molecule has 2 heterocycles. The summed E-state index contributed by atoms with van der Waals surface area (Å²) in [5.74, 6) is 0.448. The number of carbonyl (C=O) groups excluding carboxylic acids is 2. The van der Waals surface area contributed by atoms with Gasteiger partial charge in [0.15, 0.2) is 0 Å². The van der Waals surface area contributed by atoms with Crippen molar-refractivity contribution in [2.45, 2.75) is 26.4 Å². The standard InChI is InChI=1S/C10H13N3O3/c1-6-3-8(12-16-6)5-13-7(2)10(15)11-4-9(13)14/h3,7H,4-5H2,1-2H3,(H,11,15). The molecule has 1 aromatic rings. The second-order valence-electron chi connectivity index (χ2n) is 3.84. The fourth-order valence-corrected chi connectivity index (χ4v) is 1.66. The fraction of sp³-hybridized carbons (Fsp3) is 0.500. The highest BCUT2D eigenvalue weighted by Crippen LogP contribution is 2.11. The minimum atomic E-state index is -0.460. The van der Waals surface area contributed by atoms with Crippen LogP contribution in [0.3, 0.4) is 0 Å². The van der Waals surface area contributed by atoms with E-state index in [9.17, 15) is 9.59 Å². The molecule has 1 unspecified atom stereocenters. The zero-order chi connectivity index (χ0) is 11.7. The second-order valence-corrected chi connectivity index (χ2v) is 3.84. The van der Waals surface area contributed by atoms with Crippen molar-refractivity contribution in [3.05, 3.63) is 17.5 Å². The van der Waals surface area contributed by atoms with E-state index < -0.39 is 6.04 Å². The lowest BCUT2D eigenvalue weighted by atomic mass is 10.2. The number of hydrogen-bond acceptors (Lipinski definition) is 4. The van der Waals surface area contributed by atoms with Crippen LogP contribution in [-0.2, 0) is 16.1 Å². The predicted molar refractivity (Wildman–Crippen MR) is 54.3 cm³/mol. The van der Waals surface area contributed by atoms with Crippen molar-refractivity contribution in [1.82, 2.24) is 15.4 Å². The molecule has 1 atom stereocenters. The third-order valence-electron chi connectivity index (χ3n) is 2.59. The van der Waals surface area contributed by atoms with E-state index in [1.807, 2.05) is 0 Å². The van der Waals surface area contributed by atoms with Crippen molar-refractivity contribution < 1.29 is 14.1 Å². The molecule has 1 aromatic heterocycles. The summed E-state index contributed by atoms with van der Waals surface area (Å²) in [6.45, 7) is 3.84. The molecule has 0 saturated carbocycles. The lowest BCUT2D eigenvalue weighted by Gasteiger charge is -2.31. The van der Waals surface area contributed by atoms with Crippen molar-refractivity contribution >= 4 is 11.8 Å². The molecule has 0 bridgehead atoms. The summed E-state index contributed by atoms with van der Waals surface area (Å²) in [5.41, 5.74) is 0.660. The van der Waals surface area contributed by atoms with Gasteiger partial charge in [-0.1, -0.05) is 5.16 Å². The molecule has 0 radical (unpaired) electrons. The first kappa shape index (κ1) is 10.7. The van der Waals surface area contributed by atoms with Crippen molar-refractivity contribution in [1.29, 1.82) is 0 Å². The Morgan fingerprint density at radius 3 is 3.00 bits per heavy atom. The van der Waals surface area contributed by atoms with Gasteiger partial charge in [0, 0.05) is 6.07 Å². The molecule has 86 valence electrons. The molecule has 2 rings (SSSR count). The molecule has 1 N–H and O–H groups in total. The molecular formula is C10H13N3O3. The summed E-state index contributed by atoms with van der Waals surface area (Å²) >= 11 is 0. The molecule has 2 amide bonds. The number of nitrogens with zero attached hydrogens (tertiary/aromatic N) is 2. The highest BCUT2D eigenvalue weighted by Gasteiger charge is 2.31. The molecule has 1 aliphatic heterocycles. The molecular weight excluding hydrogens is 210 g/mol. The largest absolute Gasteiger partial charge is 0.361 e. The van der Waals surface area contributed by atoms with Crippen LogP contribution < -0.4 is 5.32 Å². The third kappa shape index (κ3) is 1.91. The van der Waals surface area contributed by atoms with E-state index in [2.05, 4.69) is 10.5 Å². The number of carbonyl (C=O) groups is 2. The minimum absolute atomic E-state index is 0.0556. The molecule has 0 aromatic carbocycles. The summed E-state index contributed by atoms with van der Waals surface area (Å²) in [6.07, 6.45) is 0. The summed E-state index contributed by atoms with van der Waals surface area (Å²) in [6, 6.07) is 1.30. The molecule has 1 aliphatic rings. The van der Waals surface area contributed by atoms with Crippen molar-refractivity contribution in [3.63, 3.8) is 0 Å². The summed E-state index contributed by atoms with van der Waals surface area (Å²) in [7, 11) is 0. The van der Waals surface area contributed by atoms with Crippen molar-refractivity contribution in [2.24, 2.45) is 0 Å². The Labute approximate surface area is 92.6 Å². The molecule has 16 heavy (non-hydrogen) atoms. The topological polar surface area (TPSA) is 75.4 Å². The number of rotatable bonds is 2. The molecule has 1 fully saturated rings. The maximum Gasteiger partial charge on any atom is 0.242 e. The lowest BCUT2D eigenvalue weighted by Crippen LogP contribution is -2.56. The number of aryl methyl sites for hydroxylation is 1. The van der Waals surface area contributed by atoms with Crippen LogP contribution in [0.4, 0.5) is 0 Å². The van der Waals surface area contributed by atoms with Crippen LogP contribution in [-0.4, -0.2) is 34.5 Å². The highest BCUT2D eigenvalue weighted by molar-refractivity contribution is 5.94. The zero-order valence-electron chi connectivity index (χ0n) is 9.19. The smallest absolute Gasteiger partial charge is 0.242 e. The summed E-state index contributed by atoms with van der Waals surface area (Å²) in [4.78, 5) is 24.5. The molecule has 6 heteroatoms. The third-order valence-corrected chi connectivity index (χ3v) is 2.59. The van der Waals surface area contributed by atoms with Gasteiger partial charge >= 0.3 is 0 Å². The number of piperazine rings is 1. The van der Waals surface area contributed by atoms with Gasteiger partial charge in [0.2, 0.25) is 11.8 Å². The van der Waals surface area contributed by atoms with Gasteiger partial charge < -0.3 is 14.7 Å². The number of hydrogen-bond donors (Lipinski definition) is 1. The first-order valence-corrected chi connectivity index (χ1v) is 5.07. The predicted octanol–water partition coefficient (Wildman–Crippen LogP) is -0.170. The Balaban J connectivity index is 2.12. The van der Waals surface area contributed by atoms with Crippen LogP contribution in [0, 0.1) is 6.92 Å². The Hall–Kier alpha value is -1.85. The van der Waals surface area contributed by atoms with Crippen LogP contribution in [0.25, 0.3) is 0 Å². The average Bonchev–Trinajstić information content (AvgIpc) is 2.65. The monoisotopic (exact) mass is 223 g/mol. The van der Waals surface area contributed by atoms with Gasteiger partial charge in [0.05, 0.1) is 13.1 Å². The molecule has 0 spiro atoms. The van der Waals surface area contributed by atoms with Crippen LogP contribution in [0.2, 0.25) is 0 Å².